The summed E-state index contributed by atoms with van der Waals surface area (Å²) in [7, 11) is 0. The molecule has 4 rings (SSSR count). The molecule has 1 aliphatic rings. The number of aromatic hydroxyl groups is 1. The van der Waals surface area contributed by atoms with Crippen molar-refractivity contribution in [1.82, 2.24) is 15.1 Å². The molecule has 2 heterocycles. The Morgan fingerprint density at radius 1 is 1.14 bits per heavy atom. The number of aryl methyl sites for hydroxylation is 1. The zero-order chi connectivity index (χ0) is 26.7. The number of carbonyl (C=O) groups excluding carboxylic acids is 1. The second-order valence-corrected chi connectivity index (χ2v) is 9.63. The molecule has 0 saturated carbocycles. The molecule has 2 aromatic carbocycles. The quantitative estimate of drug-likeness (QED) is 0.301. The van der Waals surface area contributed by atoms with Crippen LogP contribution < -0.4 is 9.47 Å². The Morgan fingerprint density at radius 3 is 2.57 bits per heavy atom. The van der Waals surface area contributed by atoms with Crippen LogP contribution in [0.1, 0.15) is 67.3 Å². The zero-order valence-electron chi connectivity index (χ0n) is 21.9. The average Bonchev–Trinajstić information content (AvgIpc) is 3.39. The highest BCUT2D eigenvalue weighted by molar-refractivity contribution is 6.31. The number of aromatic amines is 1. The van der Waals surface area contributed by atoms with Crippen LogP contribution in [-0.2, 0) is 4.74 Å². The molecule has 3 aromatic rings. The number of rotatable bonds is 11. The zero-order valence-corrected chi connectivity index (χ0v) is 22.7. The second kappa shape index (κ2) is 11.4. The molecule has 0 radical (unpaired) electrons. The van der Waals surface area contributed by atoms with Gasteiger partial charge in [0.1, 0.15) is 17.1 Å². The maximum atomic E-state index is 13.6. The third-order valence-electron chi connectivity index (χ3n) is 6.27. The van der Waals surface area contributed by atoms with Gasteiger partial charge < -0.3 is 24.2 Å². The highest BCUT2D eigenvalue weighted by Gasteiger charge is 2.42. The van der Waals surface area contributed by atoms with Crippen molar-refractivity contribution in [2.45, 2.75) is 53.2 Å². The van der Waals surface area contributed by atoms with Crippen LogP contribution >= 0.6 is 11.6 Å². The molecule has 9 heteroatoms. The van der Waals surface area contributed by atoms with Crippen LogP contribution in [0, 0.1) is 6.92 Å². The smallest absolute Gasteiger partial charge is 0.273 e. The van der Waals surface area contributed by atoms with Crippen molar-refractivity contribution in [2.75, 3.05) is 26.4 Å². The van der Waals surface area contributed by atoms with E-state index in [0.29, 0.717) is 71.8 Å². The first-order valence-electron chi connectivity index (χ1n) is 12.7. The van der Waals surface area contributed by atoms with Crippen LogP contribution in [0.2, 0.25) is 5.02 Å². The van der Waals surface area contributed by atoms with Crippen molar-refractivity contribution < 1.29 is 24.1 Å². The number of benzene rings is 2. The van der Waals surface area contributed by atoms with Crippen molar-refractivity contribution in [3.63, 3.8) is 0 Å². The maximum absolute atomic E-state index is 13.6. The molecule has 8 nitrogen and oxygen atoms in total. The predicted molar refractivity (Wildman–Crippen MR) is 143 cm³/mol. The van der Waals surface area contributed by atoms with Gasteiger partial charge >= 0.3 is 0 Å². The number of ether oxygens (including phenoxy) is 3. The Kier molecular flexibility index (Phi) is 8.29. The second-order valence-electron chi connectivity index (χ2n) is 9.23. The lowest BCUT2D eigenvalue weighted by molar-refractivity contribution is 0.0601. The number of nitrogens with zero attached hydrogens (tertiary/aromatic N) is 2. The molecule has 1 unspecified atom stereocenters. The van der Waals surface area contributed by atoms with E-state index >= 15 is 0 Å². The van der Waals surface area contributed by atoms with E-state index in [1.165, 1.54) is 0 Å². The summed E-state index contributed by atoms with van der Waals surface area (Å²) in [5.41, 5.74) is 3.64. The topological polar surface area (TPSA) is 96.9 Å². The fourth-order valence-corrected chi connectivity index (χ4v) is 4.79. The van der Waals surface area contributed by atoms with Gasteiger partial charge in [-0.2, -0.15) is 5.10 Å². The number of fused-ring (bicyclic) bond motifs is 1. The van der Waals surface area contributed by atoms with E-state index in [9.17, 15) is 9.90 Å². The molecular weight excluding hydrogens is 494 g/mol. The molecule has 0 spiro atoms. The van der Waals surface area contributed by atoms with Gasteiger partial charge in [0.15, 0.2) is 11.5 Å². The van der Waals surface area contributed by atoms with Crippen LogP contribution in [0.15, 0.2) is 30.3 Å². The van der Waals surface area contributed by atoms with Crippen molar-refractivity contribution in [1.29, 1.82) is 0 Å². The summed E-state index contributed by atoms with van der Waals surface area (Å²) in [5, 5.41) is 18.7. The van der Waals surface area contributed by atoms with Crippen LogP contribution in [-0.4, -0.2) is 58.6 Å². The lowest BCUT2D eigenvalue weighted by atomic mass is 9.95. The molecular formula is C28H34ClN3O5. The maximum Gasteiger partial charge on any atom is 0.273 e. The van der Waals surface area contributed by atoms with Gasteiger partial charge in [-0.05, 0) is 76.4 Å². The number of H-pyrrole nitrogens is 1. The molecule has 0 aliphatic carbocycles. The molecule has 198 valence electrons. The van der Waals surface area contributed by atoms with Gasteiger partial charge in [-0.1, -0.05) is 17.7 Å². The largest absolute Gasteiger partial charge is 0.507 e. The van der Waals surface area contributed by atoms with Gasteiger partial charge in [-0.25, -0.2) is 0 Å². The number of aromatic nitrogens is 2. The van der Waals surface area contributed by atoms with Crippen LogP contribution in [0.5, 0.6) is 17.2 Å². The number of phenols is 1. The normalized spacial score (nSPS) is 14.9. The first-order valence-corrected chi connectivity index (χ1v) is 13.0. The van der Waals surface area contributed by atoms with Crippen LogP contribution in [0.25, 0.3) is 11.3 Å². The molecule has 2 N–H and O–H groups in total. The number of hydrogen-bond acceptors (Lipinski definition) is 6. The highest BCUT2D eigenvalue weighted by Crippen LogP contribution is 2.46. The Bertz CT molecular complexity index is 1270. The minimum Gasteiger partial charge on any atom is -0.507 e. The van der Waals surface area contributed by atoms with Crippen LogP contribution in [0.4, 0.5) is 0 Å². The molecule has 1 amide bonds. The van der Waals surface area contributed by atoms with Crippen molar-refractivity contribution in [3.05, 3.63) is 57.7 Å². The average molecular weight is 528 g/mol. The lowest BCUT2D eigenvalue weighted by Gasteiger charge is -2.27. The first kappa shape index (κ1) is 26.8. The Morgan fingerprint density at radius 2 is 1.86 bits per heavy atom. The monoisotopic (exact) mass is 527 g/mol. The van der Waals surface area contributed by atoms with E-state index in [0.717, 1.165) is 11.1 Å². The Labute approximate surface area is 222 Å². The summed E-state index contributed by atoms with van der Waals surface area (Å²) in [5.74, 6) is 1.14. The van der Waals surface area contributed by atoms with Crippen molar-refractivity contribution >= 4 is 17.5 Å². The fraction of sp³-hybridized carbons (Fsp3) is 0.429. The SMILES string of the molecule is CCOc1ccc(C2c3c(-c4cc(Cl)c(C)cc4O)n[nH]c3C(=O)N2CCCOC(C)C)cc1OCC. The van der Waals surface area contributed by atoms with E-state index in [-0.39, 0.29) is 17.8 Å². The molecule has 0 fully saturated rings. The molecule has 0 saturated heterocycles. The Hall–Kier alpha value is -3.23. The van der Waals surface area contributed by atoms with Crippen molar-refractivity contribution in [2.24, 2.45) is 0 Å². The first-order chi connectivity index (χ1) is 17.8. The van der Waals surface area contributed by atoms with E-state index in [4.69, 9.17) is 25.8 Å². The van der Waals surface area contributed by atoms with E-state index < -0.39 is 6.04 Å². The minimum absolute atomic E-state index is 0.0490. The van der Waals surface area contributed by atoms with Crippen LogP contribution in [0.3, 0.4) is 0 Å². The minimum atomic E-state index is -0.454. The summed E-state index contributed by atoms with van der Waals surface area (Å²) in [6, 6.07) is 8.56. The summed E-state index contributed by atoms with van der Waals surface area (Å²) in [4.78, 5) is 15.4. The van der Waals surface area contributed by atoms with Gasteiger partial charge in [-0.3, -0.25) is 9.89 Å². The number of carbonyl (C=O) groups is 1. The number of phenolic OH excluding ortho intramolecular Hbond substituents is 1. The number of nitrogens with one attached hydrogen (secondary N) is 1. The molecule has 1 atom stereocenters. The molecule has 0 bridgehead atoms. The van der Waals surface area contributed by atoms with Gasteiger partial charge in [-0.15, -0.1) is 0 Å². The van der Waals surface area contributed by atoms with E-state index in [1.807, 2.05) is 57.7 Å². The van der Waals surface area contributed by atoms with Crippen molar-refractivity contribution in [3.8, 4) is 28.5 Å². The predicted octanol–water partition coefficient (Wildman–Crippen LogP) is 5.90. The number of halogens is 1. The van der Waals surface area contributed by atoms with Gasteiger partial charge in [0, 0.05) is 29.3 Å². The summed E-state index contributed by atoms with van der Waals surface area (Å²) in [6.07, 6.45) is 0.785. The highest BCUT2D eigenvalue weighted by atomic mass is 35.5. The summed E-state index contributed by atoms with van der Waals surface area (Å²) < 4.78 is 17.4. The van der Waals surface area contributed by atoms with Gasteiger partial charge in [0.05, 0.1) is 25.4 Å². The number of amides is 1. The lowest BCUT2D eigenvalue weighted by Crippen LogP contribution is -2.31. The standard InChI is InChI=1S/C28H34ClN3O5/c1-6-35-22-10-9-18(14-23(22)36-7-2)27-24-25(19-15-20(29)17(5)13-21(19)33)30-31-26(24)28(34)32(27)11-8-12-37-16(3)4/h9-10,13-16,27,33H,6-8,11-12H2,1-5H3,(H,30,31). The van der Waals surface area contributed by atoms with E-state index in [2.05, 4.69) is 10.2 Å². The molecule has 1 aromatic heterocycles. The Balaban J connectivity index is 1.82. The molecule has 37 heavy (non-hydrogen) atoms. The third-order valence-corrected chi connectivity index (χ3v) is 6.68. The van der Waals surface area contributed by atoms with Gasteiger partial charge in [0.25, 0.3) is 5.91 Å². The van der Waals surface area contributed by atoms with Gasteiger partial charge in [0.2, 0.25) is 0 Å². The number of hydrogen-bond donors (Lipinski definition) is 2. The third kappa shape index (κ3) is 5.40. The fourth-order valence-electron chi connectivity index (χ4n) is 4.63. The summed E-state index contributed by atoms with van der Waals surface area (Å²) >= 11 is 6.41. The summed E-state index contributed by atoms with van der Waals surface area (Å²) in [6.45, 7) is 11.6. The molecule has 1 aliphatic heterocycles. The van der Waals surface area contributed by atoms with E-state index in [1.54, 1.807) is 12.1 Å².